The molecule has 1 unspecified atom stereocenters. The van der Waals surface area contributed by atoms with E-state index in [-0.39, 0.29) is 110 Å². The van der Waals surface area contributed by atoms with E-state index in [1.165, 1.54) is 17.7 Å². The van der Waals surface area contributed by atoms with E-state index in [0.29, 0.717) is 95.3 Å². The molecule has 7 aliphatic rings. The lowest BCUT2D eigenvalue weighted by Crippen LogP contribution is -2.50. The number of fused-ring (bicyclic) bond motifs is 6. The van der Waals surface area contributed by atoms with E-state index in [1.807, 2.05) is 67.6 Å². The Bertz CT molecular complexity index is 4010. The van der Waals surface area contributed by atoms with E-state index in [9.17, 15) is 48.3 Å². The Hall–Kier alpha value is -9.35. The van der Waals surface area contributed by atoms with Gasteiger partial charge in [0, 0.05) is 86.3 Å². The first-order chi connectivity index (χ1) is 47.2. The van der Waals surface area contributed by atoms with Crippen LogP contribution in [0.3, 0.4) is 0 Å². The van der Waals surface area contributed by atoms with Crippen LogP contribution in [-0.2, 0) is 59.5 Å². The number of aliphatic hydroxyl groups excluding tert-OH is 1. The predicted molar refractivity (Wildman–Crippen MR) is 365 cm³/mol. The number of benzene rings is 5. The fraction of sp³-hybridized carbons (Fsp3) is 0.474. The Balaban J connectivity index is 0.583. The minimum atomic E-state index is -1.40. The second-order valence-corrected chi connectivity index (χ2v) is 28.4. The minimum absolute atomic E-state index is 0.0342. The van der Waals surface area contributed by atoms with Gasteiger partial charge in [0.15, 0.2) is 29.3 Å². The molecule has 2 spiro atoms. The summed E-state index contributed by atoms with van der Waals surface area (Å²) < 4.78 is 24.2. The van der Waals surface area contributed by atoms with Crippen LogP contribution >= 0.6 is 0 Å². The number of nitrogens with one attached hydrogen (secondary N) is 2. The molecule has 514 valence electrons. The molecule has 2 aliphatic carbocycles. The number of methoxy groups -OCH3 is 1. The quantitative estimate of drug-likeness (QED) is 0.0327. The van der Waals surface area contributed by atoms with Gasteiger partial charge in [0.2, 0.25) is 17.7 Å². The van der Waals surface area contributed by atoms with Gasteiger partial charge >= 0.3 is 6.09 Å². The third kappa shape index (κ3) is 15.5. The molecule has 4 fully saturated rings. The number of rotatable bonds is 27. The summed E-state index contributed by atoms with van der Waals surface area (Å²) in [5.41, 5.74) is 7.44. The lowest BCUT2D eigenvalue weighted by Gasteiger charge is -2.31. The van der Waals surface area contributed by atoms with Gasteiger partial charge in [0.05, 0.1) is 62.4 Å². The molecule has 98 heavy (non-hydrogen) atoms. The highest BCUT2D eigenvalue weighted by molar-refractivity contribution is 6.06. The van der Waals surface area contributed by atoms with Crippen LogP contribution in [0.25, 0.3) is 0 Å². The summed E-state index contributed by atoms with van der Waals surface area (Å²) in [4.78, 5) is 129. The number of carbonyl (C=O) groups excluding carboxylic acids is 9. The Morgan fingerprint density at radius 1 is 0.684 bits per heavy atom. The number of aliphatic hydroxyl groups is 1. The Morgan fingerprint density at radius 3 is 2.08 bits per heavy atom. The zero-order chi connectivity index (χ0) is 69.0. The maximum atomic E-state index is 14.4. The monoisotopic (exact) mass is 1330 g/mol. The standard InChI is InChI=1S/C78H88N6O14/c1-48(2)60(38-59(86)43-79-70(88)27-25-58(85)26-28-71(89)81-44-56-15-8-7-13-53(56)21-22-54-14-9-10-16-63(54)81)72(90)80-50(4)66(87)36-51-17-19-52(20-18-51)45-98-76(94)84-64-40-67(49(3)35-62(64)74(92)83-47-78(31-32-78)42-65(83)75(84)93)96-33-11-6-12-34-97-69-37-55-23-24-57-41-77(29-30-77)46-82(57)73(91)61(55)39-68(69)95-5/h7-10,13-20,35,37,39-40,48,50,57,60,65,75,93H,6,11-12,23-34,36,38,41-47H2,1-5H3,(H,79,88)(H,80,90)/t50-,57+,60-,65-,75?/m0/s1. The van der Waals surface area contributed by atoms with Crippen molar-refractivity contribution in [3.05, 3.63) is 147 Å². The zero-order valence-electron chi connectivity index (χ0n) is 56.7. The van der Waals surface area contributed by atoms with Crippen molar-refractivity contribution in [3.63, 3.8) is 0 Å². The van der Waals surface area contributed by atoms with Gasteiger partial charge in [-0.2, -0.15) is 0 Å². The predicted octanol–water partition coefficient (Wildman–Crippen LogP) is 10.1. The molecule has 2 saturated heterocycles. The molecule has 20 nitrogen and oxygen atoms in total. The van der Waals surface area contributed by atoms with Crippen molar-refractivity contribution in [3.8, 4) is 29.1 Å². The van der Waals surface area contributed by atoms with Gasteiger partial charge in [-0.1, -0.05) is 80.3 Å². The number of nitrogens with zero attached hydrogens (tertiary/aromatic N) is 4. The number of hydrogen-bond donors (Lipinski definition) is 3. The number of Topliss-reactive ketones (excluding diaryl/α,β-unsaturated/α-hetero) is 3. The van der Waals surface area contributed by atoms with E-state index in [2.05, 4.69) is 27.4 Å². The summed E-state index contributed by atoms with van der Waals surface area (Å²) in [5, 5.41) is 17.5. The van der Waals surface area contributed by atoms with Crippen molar-refractivity contribution in [2.75, 3.05) is 49.8 Å². The number of para-hydroxylation sites is 1. The van der Waals surface area contributed by atoms with Crippen LogP contribution in [0.15, 0.2) is 97.1 Å². The van der Waals surface area contributed by atoms with Gasteiger partial charge in [-0.05, 0) is 165 Å². The lowest BCUT2D eigenvalue weighted by molar-refractivity contribution is -0.133. The number of anilines is 2. The van der Waals surface area contributed by atoms with Crippen molar-refractivity contribution in [2.24, 2.45) is 22.7 Å². The summed E-state index contributed by atoms with van der Waals surface area (Å²) >= 11 is 0. The zero-order valence-corrected chi connectivity index (χ0v) is 56.7. The van der Waals surface area contributed by atoms with Crippen LogP contribution in [0.1, 0.15) is 177 Å². The molecule has 0 bridgehead atoms. The number of ketones is 3. The molecule has 5 aromatic carbocycles. The highest BCUT2D eigenvalue weighted by Gasteiger charge is 2.58. The largest absolute Gasteiger partial charge is 0.493 e. The van der Waals surface area contributed by atoms with Crippen LogP contribution < -0.4 is 34.6 Å². The Morgan fingerprint density at radius 2 is 1.35 bits per heavy atom. The van der Waals surface area contributed by atoms with E-state index >= 15 is 0 Å². The van der Waals surface area contributed by atoms with E-state index < -0.39 is 47.9 Å². The summed E-state index contributed by atoms with van der Waals surface area (Å²) in [6.07, 6.45) is 7.02. The highest BCUT2D eigenvalue weighted by Crippen LogP contribution is 2.58. The van der Waals surface area contributed by atoms with Crippen LogP contribution in [0.5, 0.6) is 17.2 Å². The molecule has 20 heteroatoms. The summed E-state index contributed by atoms with van der Waals surface area (Å²) in [6, 6.07) is 27.8. The van der Waals surface area contributed by atoms with Crippen molar-refractivity contribution in [1.82, 2.24) is 20.4 Å². The first-order valence-electron chi connectivity index (χ1n) is 34.8. The third-order valence-corrected chi connectivity index (χ3v) is 21.0. The van der Waals surface area contributed by atoms with Gasteiger partial charge in [0.1, 0.15) is 18.1 Å². The number of ether oxygens (including phenoxy) is 4. The number of carbonyl (C=O) groups is 9. The number of aryl methyl sites for hydroxylation is 2. The van der Waals surface area contributed by atoms with Crippen LogP contribution in [0.4, 0.5) is 16.2 Å². The van der Waals surface area contributed by atoms with E-state index in [4.69, 9.17) is 18.9 Å². The van der Waals surface area contributed by atoms with Gasteiger partial charge in [-0.25, -0.2) is 9.69 Å². The van der Waals surface area contributed by atoms with Crippen molar-refractivity contribution in [2.45, 2.75) is 174 Å². The van der Waals surface area contributed by atoms with Gasteiger partial charge < -0.3 is 49.4 Å². The second-order valence-electron chi connectivity index (χ2n) is 28.4. The Kier molecular flexibility index (Phi) is 20.6. The molecule has 3 N–H and O–H groups in total. The fourth-order valence-electron chi connectivity index (χ4n) is 14.6. The normalized spacial score (nSPS) is 19.3. The molecule has 5 aliphatic heterocycles. The summed E-state index contributed by atoms with van der Waals surface area (Å²) in [5.74, 6) is 4.52. The van der Waals surface area contributed by atoms with Crippen molar-refractivity contribution >= 4 is 64.4 Å². The van der Waals surface area contributed by atoms with Crippen LogP contribution in [0, 0.1) is 41.4 Å². The van der Waals surface area contributed by atoms with Crippen LogP contribution in [0.2, 0.25) is 0 Å². The average molecular weight is 1330 g/mol. The molecule has 5 aromatic rings. The lowest BCUT2D eigenvalue weighted by atomic mass is 9.89. The smallest absolute Gasteiger partial charge is 0.416 e. The molecule has 0 aromatic heterocycles. The molecule has 6 amide bonds. The van der Waals surface area contributed by atoms with Crippen molar-refractivity contribution < 1.29 is 67.2 Å². The van der Waals surface area contributed by atoms with Crippen molar-refractivity contribution in [1.29, 1.82) is 0 Å². The second kappa shape index (κ2) is 29.4. The Labute approximate surface area is 572 Å². The molecule has 0 radical (unpaired) electrons. The molecule has 12 rings (SSSR count). The summed E-state index contributed by atoms with van der Waals surface area (Å²) in [6.45, 7) is 8.89. The molecular formula is C78H88N6O14. The first-order valence-corrected chi connectivity index (χ1v) is 34.8. The topological polar surface area (TPSA) is 248 Å². The van der Waals surface area contributed by atoms with Gasteiger partial charge in [0.25, 0.3) is 11.8 Å². The molecule has 5 atom stereocenters. The van der Waals surface area contributed by atoms with Crippen LogP contribution in [-0.4, -0.2) is 132 Å². The van der Waals surface area contributed by atoms with Gasteiger partial charge in [-0.15, -0.1) is 0 Å². The van der Waals surface area contributed by atoms with E-state index in [1.54, 1.807) is 74.1 Å². The maximum Gasteiger partial charge on any atom is 0.416 e. The number of amides is 6. The maximum absolute atomic E-state index is 14.4. The number of unbranched alkanes of at least 4 members (excludes halogenated alkanes) is 2. The molecule has 5 heterocycles. The first kappa shape index (κ1) is 68.6. The minimum Gasteiger partial charge on any atom is -0.493 e. The molecular weight excluding hydrogens is 1240 g/mol. The number of hydrogen-bond acceptors (Lipinski definition) is 14. The molecule has 2 saturated carbocycles. The fourth-order valence-corrected chi connectivity index (χ4v) is 14.6. The summed E-state index contributed by atoms with van der Waals surface area (Å²) in [7, 11) is 1.59. The average Bonchev–Trinajstić information content (AvgIpc) is 1.57. The third-order valence-electron chi connectivity index (χ3n) is 21.0. The van der Waals surface area contributed by atoms with E-state index in [0.717, 1.165) is 68.2 Å². The van der Waals surface area contributed by atoms with Gasteiger partial charge in [-0.3, -0.25) is 38.4 Å². The SMILES string of the molecule is COc1cc2c(cc1OCCCCCOc1cc3c(cc1C)C(=O)N1CC4(CC4)C[C@H]1C(O)N3C(=O)OCc1ccc(CC(=O)[C@H](C)NC(=O)[C@@H](CC(=O)CNC(=O)CCC(=O)CCC(=O)N3Cc4ccccc4C#Cc4ccccc43)C(C)C)cc1)CC[C@@H]1CC3(CC3)CN1C2=O. The highest BCUT2D eigenvalue weighted by atomic mass is 16.6.